The minimum atomic E-state index is -0.532. The molecule has 1 amide bonds. The second kappa shape index (κ2) is 8.94. The molecule has 0 saturated carbocycles. The molecule has 0 aromatic carbocycles. The van der Waals surface area contributed by atoms with Gasteiger partial charge in [-0.25, -0.2) is 4.79 Å². The molecule has 1 aromatic rings. The number of carbonyl (C=O) groups is 2. The second-order valence-corrected chi connectivity index (χ2v) is 4.89. The van der Waals surface area contributed by atoms with Gasteiger partial charge in [0.1, 0.15) is 18.5 Å². The molecule has 1 aliphatic heterocycles. The SMILES string of the molecule is CCCC(=O)OCCOCC1CN(N=Cc2ccco2)C(=O)O1. The zero-order valence-corrected chi connectivity index (χ0v) is 13.0. The van der Waals surface area contributed by atoms with E-state index in [1.54, 1.807) is 12.1 Å². The molecular weight excluding hydrogens is 304 g/mol. The monoisotopic (exact) mass is 324 g/mol. The first-order valence-corrected chi connectivity index (χ1v) is 7.48. The molecule has 2 heterocycles. The molecule has 1 saturated heterocycles. The Hall–Kier alpha value is -2.35. The molecule has 8 heteroatoms. The van der Waals surface area contributed by atoms with Crippen LogP contribution in [0.2, 0.25) is 0 Å². The highest BCUT2D eigenvalue weighted by atomic mass is 16.6. The molecule has 0 aliphatic carbocycles. The summed E-state index contributed by atoms with van der Waals surface area (Å²) in [5.41, 5.74) is 0. The topological polar surface area (TPSA) is 90.6 Å². The van der Waals surface area contributed by atoms with Crippen molar-refractivity contribution < 1.29 is 28.2 Å². The zero-order chi connectivity index (χ0) is 16.5. The number of esters is 1. The number of ether oxygens (including phenoxy) is 3. The van der Waals surface area contributed by atoms with Gasteiger partial charge in [-0.2, -0.15) is 10.1 Å². The van der Waals surface area contributed by atoms with Crippen LogP contribution in [0, 0.1) is 0 Å². The number of rotatable bonds is 9. The van der Waals surface area contributed by atoms with Gasteiger partial charge in [0.25, 0.3) is 0 Å². The largest absolute Gasteiger partial charge is 0.463 e. The van der Waals surface area contributed by atoms with E-state index >= 15 is 0 Å². The predicted molar refractivity (Wildman–Crippen MR) is 80.0 cm³/mol. The van der Waals surface area contributed by atoms with E-state index in [-0.39, 0.29) is 25.8 Å². The lowest BCUT2D eigenvalue weighted by Crippen LogP contribution is -2.23. The van der Waals surface area contributed by atoms with Crippen molar-refractivity contribution >= 4 is 18.3 Å². The summed E-state index contributed by atoms with van der Waals surface area (Å²) in [7, 11) is 0. The van der Waals surface area contributed by atoms with E-state index in [0.717, 1.165) is 6.42 Å². The van der Waals surface area contributed by atoms with Crippen molar-refractivity contribution in [1.82, 2.24) is 5.01 Å². The van der Waals surface area contributed by atoms with Crippen LogP contribution < -0.4 is 0 Å². The standard InChI is InChI=1S/C15H20N2O6/c1-2-4-14(18)22-8-7-20-11-13-10-17(15(19)23-13)16-9-12-5-3-6-21-12/h3,5-6,9,13H,2,4,7-8,10-11H2,1H3. The summed E-state index contributed by atoms with van der Waals surface area (Å²) < 4.78 is 20.5. The van der Waals surface area contributed by atoms with Crippen LogP contribution >= 0.6 is 0 Å². The zero-order valence-electron chi connectivity index (χ0n) is 13.0. The van der Waals surface area contributed by atoms with Gasteiger partial charge < -0.3 is 18.6 Å². The molecule has 0 bridgehead atoms. The van der Waals surface area contributed by atoms with Gasteiger partial charge in [0, 0.05) is 6.42 Å². The molecule has 1 fully saturated rings. The number of carbonyl (C=O) groups excluding carboxylic acids is 2. The number of hydrogen-bond donors (Lipinski definition) is 0. The summed E-state index contributed by atoms with van der Waals surface area (Å²) >= 11 is 0. The van der Waals surface area contributed by atoms with E-state index in [1.165, 1.54) is 17.5 Å². The van der Waals surface area contributed by atoms with Gasteiger partial charge in [-0.1, -0.05) is 6.92 Å². The number of cyclic esters (lactones) is 1. The molecule has 1 atom stereocenters. The summed E-state index contributed by atoms with van der Waals surface area (Å²) in [4.78, 5) is 22.8. The Morgan fingerprint density at radius 3 is 3.13 bits per heavy atom. The average molecular weight is 324 g/mol. The van der Waals surface area contributed by atoms with Crippen LogP contribution in [0.15, 0.2) is 27.9 Å². The first-order valence-electron chi connectivity index (χ1n) is 7.48. The van der Waals surface area contributed by atoms with Crippen molar-refractivity contribution in [1.29, 1.82) is 0 Å². The molecular formula is C15H20N2O6. The number of amides is 1. The van der Waals surface area contributed by atoms with Gasteiger partial charge >= 0.3 is 12.1 Å². The Kier molecular flexibility index (Phi) is 6.61. The van der Waals surface area contributed by atoms with E-state index in [0.29, 0.717) is 18.7 Å². The smallest absolute Gasteiger partial charge is 0.430 e. The molecule has 0 N–H and O–H groups in total. The van der Waals surface area contributed by atoms with E-state index in [4.69, 9.17) is 18.6 Å². The highest BCUT2D eigenvalue weighted by molar-refractivity contribution is 5.78. The number of hydrazone groups is 1. The van der Waals surface area contributed by atoms with Gasteiger partial charge in [0.15, 0.2) is 0 Å². The van der Waals surface area contributed by atoms with Crippen molar-refractivity contribution in [3.05, 3.63) is 24.2 Å². The highest BCUT2D eigenvalue weighted by Gasteiger charge is 2.31. The molecule has 2 rings (SSSR count). The Morgan fingerprint density at radius 1 is 1.52 bits per heavy atom. The van der Waals surface area contributed by atoms with Gasteiger partial charge in [0.05, 0.1) is 32.2 Å². The van der Waals surface area contributed by atoms with Crippen LogP contribution in [0.4, 0.5) is 4.79 Å². The number of nitrogens with zero attached hydrogens (tertiary/aromatic N) is 2. The summed E-state index contributed by atoms with van der Waals surface area (Å²) in [6, 6.07) is 3.46. The molecule has 1 unspecified atom stereocenters. The first-order chi connectivity index (χ1) is 11.2. The Balaban J connectivity index is 1.62. The third kappa shape index (κ3) is 5.74. The van der Waals surface area contributed by atoms with E-state index in [1.807, 2.05) is 6.92 Å². The van der Waals surface area contributed by atoms with Crippen LogP contribution in [0.25, 0.3) is 0 Å². The Bertz CT molecular complexity index is 528. The van der Waals surface area contributed by atoms with Gasteiger partial charge in [-0.3, -0.25) is 4.79 Å². The Morgan fingerprint density at radius 2 is 2.39 bits per heavy atom. The van der Waals surface area contributed by atoms with Gasteiger partial charge in [-0.05, 0) is 18.6 Å². The van der Waals surface area contributed by atoms with E-state index in [9.17, 15) is 9.59 Å². The maximum Gasteiger partial charge on any atom is 0.430 e. The van der Waals surface area contributed by atoms with Crippen LogP contribution in [-0.4, -0.2) is 55.8 Å². The fraction of sp³-hybridized carbons (Fsp3) is 0.533. The molecule has 0 spiro atoms. The van der Waals surface area contributed by atoms with Crippen LogP contribution in [0.5, 0.6) is 0 Å². The fourth-order valence-electron chi connectivity index (χ4n) is 1.89. The quantitative estimate of drug-likeness (QED) is 0.391. The van der Waals surface area contributed by atoms with Gasteiger partial charge in [0.2, 0.25) is 0 Å². The molecule has 8 nitrogen and oxygen atoms in total. The second-order valence-electron chi connectivity index (χ2n) is 4.89. The summed E-state index contributed by atoms with van der Waals surface area (Å²) in [5, 5.41) is 5.21. The third-order valence-corrected chi connectivity index (χ3v) is 2.97. The maximum absolute atomic E-state index is 11.6. The Labute approximate surface area is 134 Å². The average Bonchev–Trinajstić information content (AvgIpc) is 3.15. The molecule has 1 aromatic heterocycles. The molecule has 0 radical (unpaired) electrons. The van der Waals surface area contributed by atoms with Crippen molar-refractivity contribution in [3.63, 3.8) is 0 Å². The molecule has 126 valence electrons. The van der Waals surface area contributed by atoms with Crippen molar-refractivity contribution in [2.75, 3.05) is 26.4 Å². The first kappa shape index (κ1) is 17.0. The molecule has 23 heavy (non-hydrogen) atoms. The fourth-order valence-corrected chi connectivity index (χ4v) is 1.89. The van der Waals surface area contributed by atoms with Gasteiger partial charge in [-0.15, -0.1) is 0 Å². The summed E-state index contributed by atoms with van der Waals surface area (Å²) in [6.45, 7) is 2.89. The van der Waals surface area contributed by atoms with Crippen molar-refractivity contribution in [3.8, 4) is 0 Å². The maximum atomic E-state index is 11.6. The minimum Gasteiger partial charge on any atom is -0.463 e. The lowest BCUT2D eigenvalue weighted by Gasteiger charge is -2.09. The van der Waals surface area contributed by atoms with E-state index in [2.05, 4.69) is 5.10 Å². The highest BCUT2D eigenvalue weighted by Crippen LogP contribution is 2.12. The van der Waals surface area contributed by atoms with Crippen LogP contribution in [0.3, 0.4) is 0 Å². The molecule has 1 aliphatic rings. The normalized spacial score (nSPS) is 17.7. The van der Waals surface area contributed by atoms with Crippen LogP contribution in [-0.2, 0) is 19.0 Å². The summed E-state index contributed by atoms with van der Waals surface area (Å²) in [5.74, 6) is 0.313. The lowest BCUT2D eigenvalue weighted by molar-refractivity contribution is -0.145. The minimum absolute atomic E-state index is 0.194. The van der Waals surface area contributed by atoms with Crippen molar-refractivity contribution in [2.24, 2.45) is 5.10 Å². The third-order valence-electron chi connectivity index (χ3n) is 2.97. The van der Waals surface area contributed by atoms with E-state index < -0.39 is 12.2 Å². The van der Waals surface area contributed by atoms with Crippen molar-refractivity contribution in [2.45, 2.75) is 25.9 Å². The lowest BCUT2D eigenvalue weighted by atomic mass is 10.3. The van der Waals surface area contributed by atoms with Crippen LogP contribution in [0.1, 0.15) is 25.5 Å². The number of furan rings is 1. The number of hydrogen-bond acceptors (Lipinski definition) is 7. The summed E-state index contributed by atoms with van der Waals surface area (Å²) in [6.07, 6.45) is 3.19. The predicted octanol–water partition coefficient (Wildman–Crippen LogP) is 1.79.